The van der Waals surface area contributed by atoms with Crippen LogP contribution >= 0.6 is 0 Å². The fourth-order valence-electron chi connectivity index (χ4n) is 1.11. The van der Waals surface area contributed by atoms with Gasteiger partial charge in [0.05, 0.1) is 19.6 Å². The van der Waals surface area contributed by atoms with Gasteiger partial charge in [-0.05, 0) is 0 Å². The highest BCUT2D eigenvalue weighted by molar-refractivity contribution is 5.98. The molecule has 1 heterocycles. The molecular formula is C7H13N3O3. The zero-order valence-electron chi connectivity index (χ0n) is 7.27. The number of amides is 1. The van der Waals surface area contributed by atoms with Gasteiger partial charge < -0.3 is 20.6 Å². The Kier molecular flexibility index (Phi) is 3.51. The molecule has 1 rings (SSSR count). The molecule has 0 radical (unpaired) electrons. The molecule has 0 aromatic heterocycles. The minimum Gasteiger partial charge on any atom is -0.409 e. The molecule has 0 bridgehead atoms. The van der Waals surface area contributed by atoms with E-state index < -0.39 is 0 Å². The summed E-state index contributed by atoms with van der Waals surface area (Å²) in [7, 11) is 0. The second kappa shape index (κ2) is 4.66. The van der Waals surface area contributed by atoms with Crippen molar-refractivity contribution in [3.8, 4) is 0 Å². The van der Waals surface area contributed by atoms with Crippen LogP contribution < -0.4 is 5.73 Å². The third-order valence-electron chi connectivity index (χ3n) is 1.82. The van der Waals surface area contributed by atoms with Crippen LogP contribution in [0.2, 0.25) is 0 Å². The van der Waals surface area contributed by atoms with Crippen molar-refractivity contribution in [1.29, 1.82) is 0 Å². The van der Waals surface area contributed by atoms with E-state index in [0.717, 1.165) is 0 Å². The Labute approximate surface area is 75.9 Å². The van der Waals surface area contributed by atoms with E-state index in [0.29, 0.717) is 26.3 Å². The molecule has 0 aliphatic carbocycles. The van der Waals surface area contributed by atoms with Gasteiger partial charge in [0.2, 0.25) is 5.91 Å². The molecule has 0 saturated carbocycles. The summed E-state index contributed by atoms with van der Waals surface area (Å²) in [6.45, 7) is 2.28. The molecule has 1 fully saturated rings. The molecule has 0 spiro atoms. The van der Waals surface area contributed by atoms with Crippen molar-refractivity contribution in [2.75, 3.05) is 26.3 Å². The minimum atomic E-state index is -0.126. The Balaban J connectivity index is 2.37. The predicted molar refractivity (Wildman–Crippen MR) is 45.4 cm³/mol. The number of oxime groups is 1. The Morgan fingerprint density at radius 3 is 2.69 bits per heavy atom. The first-order chi connectivity index (χ1) is 6.24. The highest BCUT2D eigenvalue weighted by Crippen LogP contribution is 1.99. The van der Waals surface area contributed by atoms with E-state index in [2.05, 4.69) is 5.16 Å². The molecule has 0 atom stereocenters. The summed E-state index contributed by atoms with van der Waals surface area (Å²) >= 11 is 0. The smallest absolute Gasteiger partial charge is 0.230 e. The maximum Gasteiger partial charge on any atom is 0.230 e. The van der Waals surface area contributed by atoms with Gasteiger partial charge in [-0.25, -0.2) is 0 Å². The Hall–Kier alpha value is -1.30. The van der Waals surface area contributed by atoms with E-state index in [9.17, 15) is 4.79 Å². The first-order valence-electron chi connectivity index (χ1n) is 4.06. The maximum absolute atomic E-state index is 11.4. The van der Waals surface area contributed by atoms with Crippen molar-refractivity contribution in [3.63, 3.8) is 0 Å². The van der Waals surface area contributed by atoms with Crippen LogP contribution in [-0.2, 0) is 9.53 Å². The van der Waals surface area contributed by atoms with Crippen LogP contribution in [0, 0.1) is 0 Å². The summed E-state index contributed by atoms with van der Waals surface area (Å²) in [5.74, 6) is -0.185. The molecule has 6 heteroatoms. The largest absolute Gasteiger partial charge is 0.409 e. The normalized spacial score (nSPS) is 18.8. The number of rotatable bonds is 2. The lowest BCUT2D eigenvalue weighted by molar-refractivity contribution is -0.133. The summed E-state index contributed by atoms with van der Waals surface area (Å²) in [4.78, 5) is 13.0. The summed E-state index contributed by atoms with van der Waals surface area (Å²) in [5, 5.41) is 11.0. The number of hydrogen-bond acceptors (Lipinski definition) is 4. The maximum atomic E-state index is 11.4. The van der Waals surface area contributed by atoms with Crippen LogP contribution in [0.4, 0.5) is 0 Å². The van der Waals surface area contributed by atoms with Gasteiger partial charge in [0.25, 0.3) is 0 Å². The minimum absolute atomic E-state index is 0.0313. The van der Waals surface area contributed by atoms with E-state index in [1.54, 1.807) is 4.90 Å². The summed E-state index contributed by atoms with van der Waals surface area (Å²) in [6, 6.07) is 0. The van der Waals surface area contributed by atoms with Crippen LogP contribution in [0.3, 0.4) is 0 Å². The van der Waals surface area contributed by atoms with Crippen LogP contribution in [0.5, 0.6) is 0 Å². The number of carbonyl (C=O) groups excluding carboxylic acids is 1. The van der Waals surface area contributed by atoms with E-state index >= 15 is 0 Å². The van der Waals surface area contributed by atoms with Gasteiger partial charge in [-0.3, -0.25) is 4.79 Å². The fourth-order valence-corrected chi connectivity index (χ4v) is 1.11. The Bertz CT molecular complexity index is 211. The number of amidine groups is 1. The van der Waals surface area contributed by atoms with Crippen LogP contribution in [-0.4, -0.2) is 48.2 Å². The van der Waals surface area contributed by atoms with E-state index in [4.69, 9.17) is 15.7 Å². The van der Waals surface area contributed by atoms with Gasteiger partial charge in [0.15, 0.2) is 0 Å². The van der Waals surface area contributed by atoms with Gasteiger partial charge in [0.1, 0.15) is 5.84 Å². The second-order valence-electron chi connectivity index (χ2n) is 2.76. The van der Waals surface area contributed by atoms with Gasteiger partial charge in [-0.2, -0.15) is 0 Å². The van der Waals surface area contributed by atoms with Crippen molar-refractivity contribution < 1.29 is 14.7 Å². The highest BCUT2D eigenvalue weighted by Gasteiger charge is 2.17. The first-order valence-corrected chi connectivity index (χ1v) is 4.06. The van der Waals surface area contributed by atoms with Crippen molar-refractivity contribution in [2.45, 2.75) is 6.42 Å². The van der Waals surface area contributed by atoms with Crippen LogP contribution in [0.1, 0.15) is 6.42 Å². The van der Waals surface area contributed by atoms with Gasteiger partial charge in [0, 0.05) is 13.1 Å². The molecule has 1 amide bonds. The lowest BCUT2D eigenvalue weighted by Crippen LogP contribution is -2.42. The molecule has 0 aromatic rings. The zero-order chi connectivity index (χ0) is 9.68. The average Bonchev–Trinajstić information content (AvgIpc) is 2.19. The van der Waals surface area contributed by atoms with Crippen molar-refractivity contribution in [3.05, 3.63) is 0 Å². The van der Waals surface area contributed by atoms with E-state index in [1.807, 2.05) is 0 Å². The quantitative estimate of drug-likeness (QED) is 0.251. The number of nitrogens with zero attached hydrogens (tertiary/aromatic N) is 2. The van der Waals surface area contributed by atoms with Crippen molar-refractivity contribution >= 4 is 11.7 Å². The third-order valence-corrected chi connectivity index (χ3v) is 1.82. The third kappa shape index (κ3) is 2.90. The number of hydrogen-bond donors (Lipinski definition) is 2. The molecule has 0 aromatic carbocycles. The monoisotopic (exact) mass is 187 g/mol. The van der Waals surface area contributed by atoms with Crippen LogP contribution in [0.15, 0.2) is 5.16 Å². The lowest BCUT2D eigenvalue weighted by atomic mass is 10.3. The van der Waals surface area contributed by atoms with Gasteiger partial charge in [-0.1, -0.05) is 5.16 Å². The number of ether oxygens (including phenoxy) is 1. The van der Waals surface area contributed by atoms with E-state index in [-0.39, 0.29) is 18.2 Å². The predicted octanol–water partition coefficient (Wildman–Crippen LogP) is -1.02. The van der Waals surface area contributed by atoms with Gasteiger partial charge >= 0.3 is 0 Å². The number of morpholine rings is 1. The molecule has 6 nitrogen and oxygen atoms in total. The number of carbonyl (C=O) groups is 1. The van der Waals surface area contributed by atoms with Crippen molar-refractivity contribution in [1.82, 2.24) is 4.90 Å². The lowest BCUT2D eigenvalue weighted by Gasteiger charge is -2.26. The van der Waals surface area contributed by atoms with Gasteiger partial charge in [-0.15, -0.1) is 0 Å². The molecule has 1 aliphatic rings. The standard InChI is InChI=1S/C7H13N3O3/c8-6(9-12)5-7(11)10-1-3-13-4-2-10/h12H,1-5H2,(H2,8,9). The molecule has 3 N–H and O–H groups in total. The number of nitrogens with two attached hydrogens (primary N) is 1. The molecule has 0 unspecified atom stereocenters. The molecule has 13 heavy (non-hydrogen) atoms. The van der Waals surface area contributed by atoms with Crippen molar-refractivity contribution in [2.24, 2.45) is 10.9 Å². The zero-order valence-corrected chi connectivity index (χ0v) is 7.27. The summed E-state index contributed by atoms with van der Waals surface area (Å²) in [6.07, 6.45) is -0.0313. The topological polar surface area (TPSA) is 88.2 Å². The molecule has 1 aliphatic heterocycles. The second-order valence-corrected chi connectivity index (χ2v) is 2.76. The molecular weight excluding hydrogens is 174 g/mol. The first kappa shape index (κ1) is 9.79. The summed E-state index contributed by atoms with van der Waals surface area (Å²) < 4.78 is 5.08. The van der Waals surface area contributed by atoms with E-state index in [1.165, 1.54) is 0 Å². The molecule has 74 valence electrons. The average molecular weight is 187 g/mol. The highest BCUT2D eigenvalue weighted by atomic mass is 16.5. The summed E-state index contributed by atoms with van der Waals surface area (Å²) in [5.41, 5.74) is 5.20. The molecule has 1 saturated heterocycles. The Morgan fingerprint density at radius 1 is 1.54 bits per heavy atom. The Morgan fingerprint density at radius 2 is 2.15 bits per heavy atom. The van der Waals surface area contributed by atoms with Crippen LogP contribution in [0.25, 0.3) is 0 Å². The SMILES string of the molecule is NC(CC(=O)N1CCOCC1)=NO. The fraction of sp³-hybridized carbons (Fsp3) is 0.714.